The van der Waals surface area contributed by atoms with Crippen molar-refractivity contribution in [3.05, 3.63) is 59.7 Å². The summed E-state index contributed by atoms with van der Waals surface area (Å²) in [6, 6.07) is 14.0. The summed E-state index contributed by atoms with van der Waals surface area (Å²) in [4.78, 5) is 36.9. The smallest absolute Gasteiger partial charge is 0.407 e. The topological polar surface area (TPSA) is 95.9 Å². The molecule has 7 nitrogen and oxygen atoms in total. The summed E-state index contributed by atoms with van der Waals surface area (Å²) in [5, 5.41) is 11.3. The number of carbonyl (C=O) groups excluding carboxylic acids is 2. The standard InChI is InChI=1S/C24H26F2N2O5/c1-3-24(25,26)14-28(2)22(31)20(12-21(29)30)27-23(32)33-13-19-17-10-6-4-8-15(17)16-9-5-7-11-18(16)19/h4-11,19-20H,3,12-14H2,1-2H3,(H,27,32)(H,29,30). The summed E-state index contributed by atoms with van der Waals surface area (Å²) < 4.78 is 32.7. The summed E-state index contributed by atoms with van der Waals surface area (Å²) >= 11 is 0. The number of carbonyl (C=O) groups is 3. The Hall–Kier alpha value is -3.49. The molecule has 1 unspecified atom stereocenters. The second kappa shape index (κ2) is 9.97. The number of carboxylic acid groups (broad SMARTS) is 1. The number of halogens is 2. The van der Waals surface area contributed by atoms with E-state index in [1.165, 1.54) is 6.92 Å². The van der Waals surface area contributed by atoms with E-state index in [0.717, 1.165) is 34.2 Å². The van der Waals surface area contributed by atoms with E-state index >= 15 is 0 Å². The number of ether oxygens (including phenoxy) is 1. The Kier molecular flexibility index (Phi) is 7.30. The van der Waals surface area contributed by atoms with Crippen molar-refractivity contribution in [3.63, 3.8) is 0 Å². The molecule has 0 saturated carbocycles. The summed E-state index contributed by atoms with van der Waals surface area (Å²) in [5.74, 6) is -5.63. The maximum absolute atomic E-state index is 13.7. The number of rotatable bonds is 9. The van der Waals surface area contributed by atoms with Crippen molar-refractivity contribution in [1.29, 1.82) is 0 Å². The lowest BCUT2D eigenvalue weighted by Gasteiger charge is -2.27. The highest BCUT2D eigenvalue weighted by molar-refractivity contribution is 5.89. The lowest BCUT2D eigenvalue weighted by Crippen LogP contribution is -2.51. The van der Waals surface area contributed by atoms with E-state index in [1.54, 1.807) is 0 Å². The molecule has 9 heteroatoms. The van der Waals surface area contributed by atoms with Gasteiger partial charge in [-0.25, -0.2) is 13.6 Å². The Bertz CT molecular complexity index is 998. The molecule has 0 bridgehead atoms. The molecule has 0 fully saturated rings. The first-order valence-corrected chi connectivity index (χ1v) is 10.6. The van der Waals surface area contributed by atoms with Crippen molar-refractivity contribution >= 4 is 18.0 Å². The third kappa shape index (κ3) is 5.66. The van der Waals surface area contributed by atoms with Gasteiger partial charge in [-0.3, -0.25) is 9.59 Å². The largest absolute Gasteiger partial charge is 0.481 e. The van der Waals surface area contributed by atoms with Crippen LogP contribution in [0.4, 0.5) is 13.6 Å². The van der Waals surface area contributed by atoms with Gasteiger partial charge in [0.15, 0.2) is 0 Å². The molecule has 1 aliphatic rings. The second-order valence-electron chi connectivity index (χ2n) is 8.02. The lowest BCUT2D eigenvalue weighted by atomic mass is 9.98. The van der Waals surface area contributed by atoms with Crippen LogP contribution in [0.5, 0.6) is 0 Å². The molecule has 2 N–H and O–H groups in total. The van der Waals surface area contributed by atoms with Crippen LogP contribution in [0.25, 0.3) is 11.1 Å². The number of fused-ring (bicyclic) bond motifs is 3. The molecular weight excluding hydrogens is 434 g/mol. The Morgan fingerprint density at radius 3 is 2.15 bits per heavy atom. The average Bonchev–Trinajstić information content (AvgIpc) is 3.10. The third-order valence-corrected chi connectivity index (χ3v) is 5.67. The molecule has 176 valence electrons. The summed E-state index contributed by atoms with van der Waals surface area (Å²) in [5.41, 5.74) is 4.07. The van der Waals surface area contributed by atoms with E-state index in [2.05, 4.69) is 5.32 Å². The highest BCUT2D eigenvalue weighted by atomic mass is 19.3. The quantitative estimate of drug-likeness (QED) is 0.592. The predicted molar refractivity (Wildman–Crippen MR) is 117 cm³/mol. The molecule has 3 rings (SSSR count). The summed E-state index contributed by atoms with van der Waals surface area (Å²) in [7, 11) is 1.14. The molecule has 2 aromatic rings. The van der Waals surface area contributed by atoms with Crippen molar-refractivity contribution < 1.29 is 33.0 Å². The van der Waals surface area contributed by atoms with Gasteiger partial charge in [0.25, 0.3) is 5.92 Å². The molecule has 0 spiro atoms. The molecule has 0 heterocycles. The van der Waals surface area contributed by atoms with Crippen LogP contribution >= 0.6 is 0 Å². The fourth-order valence-corrected chi connectivity index (χ4v) is 3.96. The van der Waals surface area contributed by atoms with Crippen LogP contribution in [-0.4, -0.2) is 60.1 Å². The van der Waals surface area contributed by atoms with E-state index in [-0.39, 0.29) is 12.5 Å². The molecule has 0 saturated heterocycles. The van der Waals surface area contributed by atoms with Gasteiger partial charge in [0.1, 0.15) is 12.6 Å². The number of nitrogens with one attached hydrogen (secondary N) is 1. The van der Waals surface area contributed by atoms with Gasteiger partial charge >= 0.3 is 12.1 Å². The van der Waals surface area contributed by atoms with E-state index in [1.807, 2.05) is 48.5 Å². The Labute approximate surface area is 190 Å². The van der Waals surface area contributed by atoms with Crippen LogP contribution in [0.2, 0.25) is 0 Å². The zero-order chi connectivity index (χ0) is 24.2. The summed E-state index contributed by atoms with van der Waals surface area (Å²) in [6.07, 6.45) is -2.23. The van der Waals surface area contributed by atoms with E-state index in [0.29, 0.717) is 0 Å². The highest BCUT2D eigenvalue weighted by Crippen LogP contribution is 2.44. The molecule has 1 aliphatic carbocycles. The zero-order valence-corrected chi connectivity index (χ0v) is 18.4. The van der Waals surface area contributed by atoms with Crippen LogP contribution in [0.1, 0.15) is 36.8 Å². The monoisotopic (exact) mass is 460 g/mol. The van der Waals surface area contributed by atoms with Crippen LogP contribution in [0.15, 0.2) is 48.5 Å². The van der Waals surface area contributed by atoms with Gasteiger partial charge in [0.2, 0.25) is 5.91 Å². The van der Waals surface area contributed by atoms with Gasteiger partial charge in [-0.2, -0.15) is 0 Å². The first-order chi connectivity index (χ1) is 15.6. The fraction of sp³-hybridized carbons (Fsp3) is 0.375. The minimum atomic E-state index is -3.12. The second-order valence-corrected chi connectivity index (χ2v) is 8.02. The molecule has 2 amide bonds. The Morgan fingerprint density at radius 1 is 1.09 bits per heavy atom. The number of aliphatic carboxylic acids is 1. The maximum Gasteiger partial charge on any atom is 0.407 e. The van der Waals surface area contributed by atoms with Crippen molar-refractivity contribution in [2.45, 2.75) is 37.6 Å². The number of carboxylic acids is 1. The number of amides is 2. The number of hydrogen-bond donors (Lipinski definition) is 2. The van der Waals surface area contributed by atoms with Crippen LogP contribution < -0.4 is 5.32 Å². The first-order valence-electron chi connectivity index (χ1n) is 10.6. The molecule has 1 atom stereocenters. The average molecular weight is 460 g/mol. The first kappa shape index (κ1) is 24.2. The molecule has 0 radical (unpaired) electrons. The van der Waals surface area contributed by atoms with Gasteiger partial charge in [-0.15, -0.1) is 0 Å². The fourth-order valence-electron chi connectivity index (χ4n) is 3.96. The minimum Gasteiger partial charge on any atom is -0.481 e. The van der Waals surface area contributed by atoms with Crippen LogP contribution in [0, 0.1) is 0 Å². The van der Waals surface area contributed by atoms with Crippen LogP contribution in [-0.2, 0) is 14.3 Å². The number of nitrogens with zero attached hydrogens (tertiary/aromatic N) is 1. The van der Waals surface area contributed by atoms with Crippen molar-refractivity contribution in [1.82, 2.24) is 10.2 Å². The van der Waals surface area contributed by atoms with E-state index < -0.39 is 49.3 Å². The molecular formula is C24H26F2N2O5. The van der Waals surface area contributed by atoms with E-state index in [9.17, 15) is 23.2 Å². The van der Waals surface area contributed by atoms with Crippen molar-refractivity contribution in [2.24, 2.45) is 0 Å². The molecule has 33 heavy (non-hydrogen) atoms. The Morgan fingerprint density at radius 2 is 1.64 bits per heavy atom. The SMILES string of the molecule is CCC(F)(F)CN(C)C(=O)C(CC(=O)O)NC(=O)OCC1c2ccccc2-c2ccccc21. The highest BCUT2D eigenvalue weighted by Gasteiger charge is 2.34. The number of alkyl halides is 2. The number of alkyl carbamates (subject to hydrolysis) is 1. The number of likely N-dealkylation sites (N-methyl/N-ethyl adjacent to an activating group) is 1. The normalized spacial score (nSPS) is 13.6. The van der Waals surface area contributed by atoms with Gasteiger partial charge in [0.05, 0.1) is 13.0 Å². The van der Waals surface area contributed by atoms with Crippen LogP contribution in [0.3, 0.4) is 0 Å². The van der Waals surface area contributed by atoms with Gasteiger partial charge in [-0.05, 0) is 22.3 Å². The van der Waals surface area contributed by atoms with Gasteiger partial charge < -0.3 is 20.1 Å². The maximum atomic E-state index is 13.7. The molecule has 2 aromatic carbocycles. The number of benzene rings is 2. The van der Waals surface area contributed by atoms with E-state index in [4.69, 9.17) is 9.84 Å². The lowest BCUT2D eigenvalue weighted by molar-refractivity contribution is -0.144. The van der Waals surface area contributed by atoms with Crippen molar-refractivity contribution in [2.75, 3.05) is 20.2 Å². The molecule has 0 aromatic heterocycles. The predicted octanol–water partition coefficient (Wildman–Crippen LogP) is 3.87. The minimum absolute atomic E-state index is 0.0302. The third-order valence-electron chi connectivity index (χ3n) is 5.67. The number of hydrogen-bond acceptors (Lipinski definition) is 4. The zero-order valence-electron chi connectivity index (χ0n) is 18.4. The van der Waals surface area contributed by atoms with Gasteiger partial charge in [0, 0.05) is 19.4 Å². The van der Waals surface area contributed by atoms with Crippen molar-refractivity contribution in [3.8, 4) is 11.1 Å². The Balaban J connectivity index is 1.68. The van der Waals surface area contributed by atoms with Gasteiger partial charge in [-0.1, -0.05) is 55.5 Å². The summed E-state index contributed by atoms with van der Waals surface area (Å²) in [6.45, 7) is 0.365. The molecule has 0 aliphatic heterocycles.